The van der Waals surface area contributed by atoms with E-state index in [0.29, 0.717) is 0 Å². The van der Waals surface area contributed by atoms with E-state index in [1.54, 1.807) is 0 Å². The molecule has 1 saturated heterocycles. The number of rotatable bonds is 3. The fourth-order valence-corrected chi connectivity index (χ4v) is 3.37. The fourth-order valence-electron chi connectivity index (χ4n) is 3.37. The number of nitrogens with one attached hydrogen (secondary N) is 1. The van der Waals surface area contributed by atoms with Crippen LogP contribution in [0.4, 0.5) is 18.9 Å². The molecule has 1 aliphatic heterocycles. The number of hydrogen-bond donors (Lipinski definition) is 1. The van der Waals surface area contributed by atoms with E-state index in [1.165, 1.54) is 17.0 Å². The lowest BCUT2D eigenvalue weighted by Gasteiger charge is -2.19. The number of amides is 2. The molecule has 0 aromatic heterocycles. The van der Waals surface area contributed by atoms with Crippen LogP contribution < -0.4 is 10.2 Å². The van der Waals surface area contributed by atoms with Gasteiger partial charge in [-0.1, -0.05) is 18.9 Å². The molecule has 24 heavy (non-hydrogen) atoms. The third-order valence-corrected chi connectivity index (χ3v) is 4.68. The highest BCUT2D eigenvalue weighted by molar-refractivity contribution is 6.00. The first-order chi connectivity index (χ1) is 11.3. The Morgan fingerprint density at radius 2 is 1.92 bits per heavy atom. The molecular weight excluding hydrogens is 321 g/mol. The summed E-state index contributed by atoms with van der Waals surface area (Å²) >= 11 is 0. The summed E-state index contributed by atoms with van der Waals surface area (Å²) in [6, 6.07) is 4.82. The van der Waals surface area contributed by atoms with E-state index in [1.807, 2.05) is 0 Å². The molecule has 4 nitrogen and oxygen atoms in total. The van der Waals surface area contributed by atoms with Crippen molar-refractivity contribution in [1.29, 1.82) is 0 Å². The van der Waals surface area contributed by atoms with Crippen LogP contribution >= 0.6 is 0 Å². The highest BCUT2D eigenvalue weighted by atomic mass is 19.4. The van der Waals surface area contributed by atoms with Crippen LogP contribution in [0, 0.1) is 5.92 Å². The zero-order valence-corrected chi connectivity index (χ0v) is 13.1. The maximum absolute atomic E-state index is 12.8. The van der Waals surface area contributed by atoms with Gasteiger partial charge in [-0.25, -0.2) is 0 Å². The van der Waals surface area contributed by atoms with Gasteiger partial charge in [0.1, 0.15) is 0 Å². The predicted octanol–water partition coefficient (Wildman–Crippen LogP) is 3.12. The molecule has 0 bridgehead atoms. The highest BCUT2D eigenvalue weighted by Gasteiger charge is 2.37. The molecule has 0 spiro atoms. The molecule has 2 amide bonds. The third kappa shape index (κ3) is 3.55. The van der Waals surface area contributed by atoms with E-state index in [-0.39, 0.29) is 36.5 Å². The zero-order chi connectivity index (χ0) is 17.3. The number of anilines is 1. The van der Waals surface area contributed by atoms with Gasteiger partial charge in [-0.15, -0.1) is 0 Å². The number of alkyl halides is 3. The van der Waals surface area contributed by atoms with Gasteiger partial charge < -0.3 is 10.2 Å². The maximum Gasteiger partial charge on any atom is 0.416 e. The molecule has 1 aromatic rings. The minimum atomic E-state index is -4.46. The van der Waals surface area contributed by atoms with E-state index in [9.17, 15) is 22.8 Å². The normalized spacial score (nSPS) is 22.2. The summed E-state index contributed by atoms with van der Waals surface area (Å²) < 4.78 is 38.4. The van der Waals surface area contributed by atoms with Crippen LogP contribution in [0.15, 0.2) is 24.3 Å². The van der Waals surface area contributed by atoms with Gasteiger partial charge in [0.15, 0.2) is 0 Å². The van der Waals surface area contributed by atoms with Crippen LogP contribution in [-0.2, 0) is 15.8 Å². The summed E-state index contributed by atoms with van der Waals surface area (Å²) in [5.41, 5.74) is -0.613. The second kappa shape index (κ2) is 6.45. The summed E-state index contributed by atoms with van der Waals surface area (Å²) in [5.74, 6) is -1.00. The van der Waals surface area contributed by atoms with Crippen LogP contribution in [0.5, 0.6) is 0 Å². The summed E-state index contributed by atoms with van der Waals surface area (Å²) in [6.45, 7) is 0.124. The van der Waals surface area contributed by atoms with Crippen molar-refractivity contribution in [2.75, 3.05) is 11.4 Å². The van der Waals surface area contributed by atoms with Crippen molar-refractivity contribution in [2.45, 2.75) is 44.3 Å². The number of hydrogen-bond acceptors (Lipinski definition) is 2. The van der Waals surface area contributed by atoms with Crippen molar-refractivity contribution in [3.63, 3.8) is 0 Å². The number of carbonyl (C=O) groups excluding carboxylic acids is 2. The molecule has 0 unspecified atom stereocenters. The Balaban J connectivity index is 1.69. The van der Waals surface area contributed by atoms with Crippen molar-refractivity contribution in [3.8, 4) is 0 Å². The lowest BCUT2D eigenvalue weighted by molar-refractivity contribution is -0.137. The molecule has 3 rings (SSSR count). The van der Waals surface area contributed by atoms with Crippen molar-refractivity contribution in [3.05, 3.63) is 29.8 Å². The lowest BCUT2D eigenvalue weighted by atomic mass is 10.1. The molecular formula is C17H19F3N2O2. The Morgan fingerprint density at radius 3 is 2.58 bits per heavy atom. The molecule has 1 aromatic carbocycles. The Hall–Kier alpha value is -2.05. The van der Waals surface area contributed by atoms with Crippen LogP contribution in [0.1, 0.15) is 37.7 Å². The molecule has 0 radical (unpaired) electrons. The second-order valence-corrected chi connectivity index (χ2v) is 6.44. The van der Waals surface area contributed by atoms with E-state index < -0.39 is 17.7 Å². The van der Waals surface area contributed by atoms with Gasteiger partial charge in [-0.3, -0.25) is 9.59 Å². The van der Waals surface area contributed by atoms with Gasteiger partial charge in [-0.2, -0.15) is 13.2 Å². The van der Waals surface area contributed by atoms with Gasteiger partial charge in [0.05, 0.1) is 11.5 Å². The number of nitrogens with zero attached hydrogens (tertiary/aromatic N) is 1. The second-order valence-electron chi connectivity index (χ2n) is 6.44. The molecule has 1 N–H and O–H groups in total. The van der Waals surface area contributed by atoms with Crippen molar-refractivity contribution < 1.29 is 22.8 Å². The average Bonchev–Trinajstić information content (AvgIpc) is 3.16. The fraction of sp³-hybridized carbons (Fsp3) is 0.529. The zero-order valence-electron chi connectivity index (χ0n) is 13.1. The van der Waals surface area contributed by atoms with E-state index >= 15 is 0 Å². The number of carbonyl (C=O) groups is 2. The van der Waals surface area contributed by atoms with Gasteiger partial charge >= 0.3 is 6.18 Å². The molecule has 1 saturated carbocycles. The minimum absolute atomic E-state index is 0.0365. The number of halogens is 3. The quantitative estimate of drug-likeness (QED) is 0.919. The summed E-state index contributed by atoms with van der Waals surface area (Å²) in [4.78, 5) is 25.7. The lowest BCUT2D eigenvalue weighted by Crippen LogP contribution is -2.38. The molecule has 7 heteroatoms. The van der Waals surface area contributed by atoms with Crippen molar-refractivity contribution >= 4 is 17.5 Å². The van der Waals surface area contributed by atoms with E-state index in [0.717, 1.165) is 37.8 Å². The molecule has 2 aliphatic rings. The summed E-state index contributed by atoms with van der Waals surface area (Å²) in [6.07, 6.45) is -0.351. The third-order valence-electron chi connectivity index (χ3n) is 4.68. The van der Waals surface area contributed by atoms with E-state index in [4.69, 9.17) is 0 Å². The molecule has 130 valence electrons. The Bertz CT molecular complexity index is 639. The first-order valence-electron chi connectivity index (χ1n) is 8.12. The summed E-state index contributed by atoms with van der Waals surface area (Å²) in [7, 11) is 0. The predicted molar refractivity (Wildman–Crippen MR) is 82.3 cm³/mol. The average molecular weight is 340 g/mol. The van der Waals surface area contributed by atoms with Gasteiger partial charge in [0.2, 0.25) is 11.8 Å². The molecule has 1 heterocycles. The highest BCUT2D eigenvalue weighted by Crippen LogP contribution is 2.33. The molecule has 1 aliphatic carbocycles. The summed E-state index contributed by atoms with van der Waals surface area (Å²) in [5, 5.41) is 2.95. The van der Waals surface area contributed by atoms with Gasteiger partial charge in [0, 0.05) is 24.7 Å². The monoisotopic (exact) mass is 340 g/mol. The standard InChI is InChI=1S/C17H19F3N2O2/c18-17(19,20)12-4-3-7-14(9-12)22-10-11(8-15(22)23)16(24)21-13-5-1-2-6-13/h3-4,7,9,11,13H,1-2,5-6,8,10H2,(H,21,24)/t11-/m0/s1. The first kappa shape index (κ1) is 16.8. The molecule has 1 atom stereocenters. The Morgan fingerprint density at radius 1 is 1.21 bits per heavy atom. The Labute approximate surface area is 138 Å². The van der Waals surface area contributed by atoms with Crippen molar-refractivity contribution in [2.24, 2.45) is 5.92 Å². The van der Waals surface area contributed by atoms with Crippen molar-refractivity contribution in [1.82, 2.24) is 5.32 Å². The van der Waals surface area contributed by atoms with E-state index in [2.05, 4.69) is 5.32 Å². The topological polar surface area (TPSA) is 49.4 Å². The largest absolute Gasteiger partial charge is 0.416 e. The smallest absolute Gasteiger partial charge is 0.353 e. The van der Waals surface area contributed by atoms with Crippen LogP contribution in [0.25, 0.3) is 0 Å². The van der Waals surface area contributed by atoms with Crippen LogP contribution in [0.2, 0.25) is 0 Å². The Kier molecular flexibility index (Phi) is 4.51. The van der Waals surface area contributed by atoms with Gasteiger partial charge in [0.25, 0.3) is 0 Å². The van der Waals surface area contributed by atoms with Gasteiger partial charge in [-0.05, 0) is 31.0 Å². The maximum atomic E-state index is 12.8. The van der Waals surface area contributed by atoms with Crippen LogP contribution in [0.3, 0.4) is 0 Å². The molecule has 2 fully saturated rings. The SMILES string of the molecule is O=C(NC1CCCC1)[C@H]1CC(=O)N(c2cccc(C(F)(F)F)c2)C1. The van der Waals surface area contributed by atoms with Crippen LogP contribution in [-0.4, -0.2) is 24.4 Å². The minimum Gasteiger partial charge on any atom is -0.353 e. The first-order valence-corrected chi connectivity index (χ1v) is 8.12. The number of benzene rings is 1.